The minimum absolute atomic E-state index is 0.0316. The van der Waals surface area contributed by atoms with Gasteiger partial charge < -0.3 is 9.80 Å². The van der Waals surface area contributed by atoms with Crippen molar-refractivity contribution in [3.63, 3.8) is 0 Å². The third-order valence-electron chi connectivity index (χ3n) is 4.41. The van der Waals surface area contributed by atoms with Crippen LogP contribution in [-0.2, 0) is 10.3 Å². The maximum atomic E-state index is 12.9. The Morgan fingerprint density at radius 2 is 1.96 bits per heavy atom. The smallest absolute Gasteiger partial charge is 0.258 e. The molecule has 0 bridgehead atoms. The number of hydrogen-bond donors (Lipinski definition) is 0. The van der Waals surface area contributed by atoms with Gasteiger partial charge in [0.05, 0.1) is 16.8 Å². The second kappa shape index (κ2) is 6.57. The van der Waals surface area contributed by atoms with E-state index in [2.05, 4.69) is 18.9 Å². The molecule has 2 heterocycles. The zero-order chi connectivity index (χ0) is 18.2. The van der Waals surface area contributed by atoms with E-state index in [1.165, 1.54) is 0 Å². The van der Waals surface area contributed by atoms with E-state index in [1.807, 2.05) is 44.2 Å². The minimum atomic E-state index is -0.428. The second-order valence-electron chi connectivity index (χ2n) is 8.10. The largest absolute Gasteiger partial charge is 0.339 e. The van der Waals surface area contributed by atoms with Gasteiger partial charge in [-0.15, -0.1) is 0 Å². The highest BCUT2D eigenvalue weighted by atomic mass is 16.2. The van der Waals surface area contributed by atoms with E-state index in [0.29, 0.717) is 30.3 Å². The van der Waals surface area contributed by atoms with Gasteiger partial charge in [0.1, 0.15) is 6.04 Å². The maximum Gasteiger partial charge on any atom is 0.258 e. The molecule has 1 atom stereocenters. The fourth-order valence-electron chi connectivity index (χ4n) is 3.00. The van der Waals surface area contributed by atoms with Crippen molar-refractivity contribution in [3.05, 3.63) is 17.5 Å². The summed E-state index contributed by atoms with van der Waals surface area (Å²) in [7, 11) is 0. The van der Waals surface area contributed by atoms with Gasteiger partial charge in [-0.05, 0) is 40.5 Å². The van der Waals surface area contributed by atoms with E-state index < -0.39 is 6.04 Å². The van der Waals surface area contributed by atoms with Gasteiger partial charge in [0.25, 0.3) is 5.91 Å². The molecule has 2 rings (SSSR count). The van der Waals surface area contributed by atoms with Crippen LogP contribution in [0.1, 0.15) is 57.6 Å². The topological polar surface area (TPSA) is 58.4 Å². The molecular formula is C18H30N4O2. The number of hydrogen-bond acceptors (Lipinski definition) is 3. The Bertz CT molecular complexity index is 627. The lowest BCUT2D eigenvalue weighted by atomic mass is 10.1. The first-order valence-corrected chi connectivity index (χ1v) is 8.69. The quantitative estimate of drug-likeness (QED) is 0.852. The predicted octanol–water partition coefficient (Wildman–Crippen LogP) is 2.28. The number of aromatic nitrogens is 2. The molecule has 0 aromatic carbocycles. The molecule has 1 fully saturated rings. The van der Waals surface area contributed by atoms with E-state index >= 15 is 0 Å². The van der Waals surface area contributed by atoms with Gasteiger partial charge in [-0.2, -0.15) is 5.10 Å². The van der Waals surface area contributed by atoms with Crippen molar-refractivity contribution in [2.75, 3.05) is 19.6 Å². The van der Waals surface area contributed by atoms with Gasteiger partial charge in [0, 0.05) is 25.8 Å². The fourth-order valence-corrected chi connectivity index (χ4v) is 3.00. The van der Waals surface area contributed by atoms with Crippen molar-refractivity contribution >= 4 is 11.8 Å². The monoisotopic (exact) mass is 334 g/mol. The predicted molar refractivity (Wildman–Crippen MR) is 93.9 cm³/mol. The summed E-state index contributed by atoms with van der Waals surface area (Å²) in [6.45, 7) is 15.9. The van der Waals surface area contributed by atoms with Crippen LogP contribution in [0.3, 0.4) is 0 Å². The Morgan fingerprint density at radius 3 is 2.46 bits per heavy atom. The summed E-state index contributed by atoms with van der Waals surface area (Å²) in [5.74, 6) is 0.355. The minimum Gasteiger partial charge on any atom is -0.339 e. The Morgan fingerprint density at radius 1 is 1.33 bits per heavy atom. The number of piperazine rings is 1. The number of amides is 2. The van der Waals surface area contributed by atoms with Crippen LogP contribution in [0.2, 0.25) is 0 Å². The van der Waals surface area contributed by atoms with Crippen LogP contribution in [0.15, 0.2) is 6.20 Å². The zero-order valence-corrected chi connectivity index (χ0v) is 16.0. The third kappa shape index (κ3) is 3.62. The molecule has 1 unspecified atom stereocenters. The lowest BCUT2D eigenvalue weighted by molar-refractivity contribution is -0.140. The first kappa shape index (κ1) is 18.5. The number of aryl methyl sites for hydroxylation is 1. The molecule has 6 heteroatoms. The summed E-state index contributed by atoms with van der Waals surface area (Å²) in [4.78, 5) is 29.1. The van der Waals surface area contributed by atoms with Crippen LogP contribution in [0.25, 0.3) is 0 Å². The molecule has 0 saturated carbocycles. The maximum absolute atomic E-state index is 12.9. The van der Waals surface area contributed by atoms with Gasteiger partial charge in [-0.1, -0.05) is 13.8 Å². The van der Waals surface area contributed by atoms with E-state index in [-0.39, 0.29) is 17.4 Å². The molecule has 1 aromatic rings. The van der Waals surface area contributed by atoms with Gasteiger partial charge >= 0.3 is 0 Å². The highest BCUT2D eigenvalue weighted by Gasteiger charge is 2.36. The first-order valence-electron chi connectivity index (χ1n) is 8.69. The Kier molecular flexibility index (Phi) is 5.06. The summed E-state index contributed by atoms with van der Waals surface area (Å²) in [6, 6.07) is -0.428. The van der Waals surface area contributed by atoms with Crippen LogP contribution in [0.5, 0.6) is 0 Å². The average Bonchev–Trinajstić information content (AvgIpc) is 2.85. The first-order chi connectivity index (χ1) is 11.0. The second-order valence-corrected chi connectivity index (χ2v) is 8.10. The summed E-state index contributed by atoms with van der Waals surface area (Å²) >= 11 is 0. The fraction of sp³-hybridized carbons (Fsp3) is 0.722. The molecule has 1 aliphatic heterocycles. The van der Waals surface area contributed by atoms with Crippen LogP contribution in [0, 0.1) is 12.8 Å². The molecule has 1 aromatic heterocycles. The standard InChI is InChI=1S/C18H30N4O2/c1-12(2)10-20-8-9-21(14(4)16(20)23)17(24)15-11-22(18(5,6)7)19-13(15)3/h11-12,14H,8-10H2,1-7H3. The normalized spacial score (nSPS) is 19.3. The highest BCUT2D eigenvalue weighted by Crippen LogP contribution is 2.20. The Hall–Kier alpha value is -1.85. The lowest BCUT2D eigenvalue weighted by Gasteiger charge is -2.39. The van der Waals surface area contributed by atoms with E-state index in [4.69, 9.17) is 0 Å². The molecule has 0 radical (unpaired) electrons. The molecule has 0 N–H and O–H groups in total. The Balaban J connectivity index is 2.19. The van der Waals surface area contributed by atoms with Crippen molar-refractivity contribution in [3.8, 4) is 0 Å². The van der Waals surface area contributed by atoms with Crippen molar-refractivity contribution in [2.45, 2.75) is 60.0 Å². The van der Waals surface area contributed by atoms with E-state index in [1.54, 1.807) is 11.1 Å². The van der Waals surface area contributed by atoms with Crippen LogP contribution < -0.4 is 0 Å². The number of nitrogens with zero attached hydrogens (tertiary/aromatic N) is 4. The van der Waals surface area contributed by atoms with Crippen molar-refractivity contribution in [2.24, 2.45) is 5.92 Å². The number of carbonyl (C=O) groups is 2. The van der Waals surface area contributed by atoms with Crippen molar-refractivity contribution in [1.82, 2.24) is 19.6 Å². The SMILES string of the molecule is Cc1nn(C(C)(C)C)cc1C(=O)N1CCN(CC(C)C)C(=O)C1C. The summed E-state index contributed by atoms with van der Waals surface area (Å²) in [6.07, 6.45) is 1.80. The molecule has 1 saturated heterocycles. The molecule has 24 heavy (non-hydrogen) atoms. The summed E-state index contributed by atoms with van der Waals surface area (Å²) < 4.78 is 1.82. The molecule has 0 aliphatic carbocycles. The van der Waals surface area contributed by atoms with Crippen LogP contribution in [0.4, 0.5) is 0 Å². The number of rotatable bonds is 3. The molecule has 134 valence electrons. The average molecular weight is 334 g/mol. The van der Waals surface area contributed by atoms with Gasteiger partial charge in [0.2, 0.25) is 5.91 Å². The molecule has 6 nitrogen and oxygen atoms in total. The van der Waals surface area contributed by atoms with Gasteiger partial charge in [-0.3, -0.25) is 14.3 Å². The van der Waals surface area contributed by atoms with Crippen molar-refractivity contribution in [1.29, 1.82) is 0 Å². The van der Waals surface area contributed by atoms with Crippen molar-refractivity contribution < 1.29 is 9.59 Å². The Labute approximate surface area is 144 Å². The van der Waals surface area contributed by atoms with E-state index in [9.17, 15) is 9.59 Å². The molecule has 1 aliphatic rings. The van der Waals surface area contributed by atoms with E-state index in [0.717, 1.165) is 6.54 Å². The lowest BCUT2D eigenvalue weighted by Crippen LogP contribution is -2.58. The van der Waals surface area contributed by atoms with Gasteiger partial charge in [-0.25, -0.2) is 0 Å². The van der Waals surface area contributed by atoms with Crippen LogP contribution in [-0.4, -0.2) is 57.1 Å². The third-order valence-corrected chi connectivity index (χ3v) is 4.41. The zero-order valence-electron chi connectivity index (χ0n) is 16.0. The highest BCUT2D eigenvalue weighted by molar-refractivity contribution is 5.98. The summed E-state index contributed by atoms with van der Waals surface area (Å²) in [5.41, 5.74) is 1.11. The molecule has 2 amide bonds. The number of carbonyl (C=O) groups excluding carboxylic acids is 2. The molecular weight excluding hydrogens is 304 g/mol. The summed E-state index contributed by atoms with van der Waals surface area (Å²) in [5, 5.41) is 4.47. The molecule has 0 spiro atoms. The van der Waals surface area contributed by atoms with Gasteiger partial charge in [0.15, 0.2) is 0 Å². The van der Waals surface area contributed by atoms with Crippen LogP contribution >= 0.6 is 0 Å².